The normalized spacial score (nSPS) is 11.6. The number of amides is 1. The summed E-state index contributed by atoms with van der Waals surface area (Å²) in [4.78, 5) is 12.1. The maximum atomic E-state index is 13.9. The van der Waals surface area contributed by atoms with Crippen LogP contribution in [0.25, 0.3) is 11.4 Å². The fourth-order valence-corrected chi connectivity index (χ4v) is 2.85. The third kappa shape index (κ3) is 4.27. The highest BCUT2D eigenvalue weighted by atomic mass is 32.2. The summed E-state index contributed by atoms with van der Waals surface area (Å²) in [7, 11) is 0. The quantitative estimate of drug-likeness (QED) is 0.509. The van der Waals surface area contributed by atoms with Crippen molar-refractivity contribution in [2.75, 3.05) is 16.9 Å². The molecule has 0 bridgehead atoms. The van der Waals surface area contributed by atoms with Crippen LogP contribution in [0, 0.1) is 5.82 Å². The van der Waals surface area contributed by atoms with Crippen LogP contribution in [0.2, 0.25) is 0 Å². The monoisotopic (exact) mass is 390 g/mol. The third-order valence-electron chi connectivity index (χ3n) is 3.65. The van der Waals surface area contributed by atoms with Crippen LogP contribution in [-0.2, 0) is 10.2 Å². The van der Waals surface area contributed by atoms with Crippen LogP contribution < -0.4 is 11.2 Å². The first-order chi connectivity index (χ1) is 12.8. The number of nitrogen functional groups attached to an aromatic ring is 1. The van der Waals surface area contributed by atoms with Crippen LogP contribution in [0.1, 0.15) is 26.5 Å². The van der Waals surface area contributed by atoms with Gasteiger partial charge >= 0.3 is 0 Å². The van der Waals surface area contributed by atoms with Gasteiger partial charge in [0.2, 0.25) is 16.9 Å². The predicted molar refractivity (Wildman–Crippen MR) is 100 cm³/mol. The number of rotatable bonds is 5. The Balaban J connectivity index is 1.63. The van der Waals surface area contributed by atoms with Gasteiger partial charge in [-0.15, -0.1) is 10.2 Å². The minimum absolute atomic E-state index is 0.0259. The SMILES string of the molecule is CC(C)(C)c1cc(NC(=O)CSc2nnc(-c3ccccc3F)n2N)on1. The molecule has 3 aromatic rings. The second-order valence-corrected chi connectivity index (χ2v) is 7.76. The highest BCUT2D eigenvalue weighted by Gasteiger charge is 2.20. The molecule has 2 heterocycles. The average molecular weight is 390 g/mol. The number of nitrogens with zero attached hydrogens (tertiary/aromatic N) is 4. The lowest BCUT2D eigenvalue weighted by Gasteiger charge is -2.12. The van der Waals surface area contributed by atoms with Gasteiger partial charge in [0.05, 0.1) is 17.0 Å². The average Bonchev–Trinajstić information content (AvgIpc) is 3.20. The van der Waals surface area contributed by atoms with Crippen molar-refractivity contribution in [2.24, 2.45) is 0 Å². The molecule has 0 saturated heterocycles. The molecule has 0 fully saturated rings. The van der Waals surface area contributed by atoms with Gasteiger partial charge in [-0.3, -0.25) is 10.1 Å². The topological polar surface area (TPSA) is 112 Å². The molecule has 10 heteroatoms. The number of hydrogen-bond acceptors (Lipinski definition) is 7. The first kappa shape index (κ1) is 18.9. The molecule has 1 aromatic carbocycles. The van der Waals surface area contributed by atoms with Crippen LogP contribution in [-0.4, -0.2) is 31.7 Å². The fourth-order valence-electron chi connectivity index (χ4n) is 2.19. The van der Waals surface area contributed by atoms with E-state index in [0.29, 0.717) is 0 Å². The first-order valence-corrected chi connectivity index (χ1v) is 9.09. The molecule has 0 saturated carbocycles. The van der Waals surface area contributed by atoms with Crippen molar-refractivity contribution >= 4 is 23.6 Å². The molecule has 2 aromatic heterocycles. The van der Waals surface area contributed by atoms with E-state index >= 15 is 0 Å². The summed E-state index contributed by atoms with van der Waals surface area (Å²) >= 11 is 1.08. The van der Waals surface area contributed by atoms with Crippen molar-refractivity contribution in [1.29, 1.82) is 0 Å². The zero-order valence-electron chi connectivity index (χ0n) is 15.1. The van der Waals surface area contributed by atoms with Crippen LogP contribution in [0.3, 0.4) is 0 Å². The standard InChI is InChI=1S/C17H19FN6O2S/c1-17(2,3)12-8-14(26-23-12)20-13(25)9-27-16-22-21-15(24(16)19)10-6-4-5-7-11(10)18/h4-8H,9,19H2,1-3H3,(H,20,25). The summed E-state index contributed by atoms with van der Waals surface area (Å²) in [6.45, 7) is 5.98. The molecule has 0 radical (unpaired) electrons. The van der Waals surface area contributed by atoms with E-state index in [1.165, 1.54) is 6.07 Å². The van der Waals surface area contributed by atoms with E-state index in [1.807, 2.05) is 20.8 Å². The van der Waals surface area contributed by atoms with E-state index in [-0.39, 0.29) is 39.5 Å². The fraction of sp³-hybridized carbons (Fsp3) is 0.294. The summed E-state index contributed by atoms with van der Waals surface area (Å²) in [6, 6.07) is 7.81. The lowest BCUT2D eigenvalue weighted by atomic mass is 9.92. The Bertz CT molecular complexity index is 962. The molecule has 1 amide bonds. The van der Waals surface area contributed by atoms with Gasteiger partial charge in [-0.05, 0) is 12.1 Å². The molecular weight excluding hydrogens is 371 g/mol. The van der Waals surface area contributed by atoms with Crippen LogP contribution in [0.4, 0.5) is 10.3 Å². The van der Waals surface area contributed by atoms with Gasteiger partial charge in [0.15, 0.2) is 5.82 Å². The first-order valence-electron chi connectivity index (χ1n) is 8.11. The maximum absolute atomic E-state index is 13.9. The Labute approximate surface area is 159 Å². The van der Waals surface area contributed by atoms with Crippen molar-refractivity contribution < 1.29 is 13.7 Å². The zero-order chi connectivity index (χ0) is 19.6. The third-order valence-corrected chi connectivity index (χ3v) is 4.60. The maximum Gasteiger partial charge on any atom is 0.237 e. The minimum Gasteiger partial charge on any atom is -0.338 e. The lowest BCUT2D eigenvalue weighted by Crippen LogP contribution is -2.16. The van der Waals surface area contributed by atoms with Gasteiger partial charge in [-0.25, -0.2) is 9.07 Å². The molecule has 0 aliphatic carbocycles. The predicted octanol–water partition coefficient (Wildman–Crippen LogP) is 2.81. The molecular formula is C17H19FN6O2S. The molecule has 0 atom stereocenters. The van der Waals surface area contributed by atoms with Crippen LogP contribution in [0.15, 0.2) is 40.0 Å². The number of carbonyl (C=O) groups is 1. The largest absolute Gasteiger partial charge is 0.338 e. The molecule has 3 rings (SSSR count). The van der Waals surface area contributed by atoms with Gasteiger partial charge < -0.3 is 10.4 Å². The van der Waals surface area contributed by atoms with Crippen molar-refractivity contribution in [2.45, 2.75) is 31.3 Å². The van der Waals surface area contributed by atoms with Crippen molar-refractivity contribution in [3.63, 3.8) is 0 Å². The second kappa shape index (κ2) is 7.39. The summed E-state index contributed by atoms with van der Waals surface area (Å²) in [5.41, 5.74) is 0.794. The molecule has 0 aliphatic heterocycles. The number of nitrogens with one attached hydrogen (secondary N) is 1. The summed E-state index contributed by atoms with van der Waals surface area (Å²) in [6.07, 6.45) is 0. The summed E-state index contributed by atoms with van der Waals surface area (Å²) < 4.78 is 20.2. The Morgan fingerprint density at radius 1 is 1.33 bits per heavy atom. The van der Waals surface area contributed by atoms with Gasteiger partial charge in [0.25, 0.3) is 0 Å². The molecule has 142 valence electrons. The van der Waals surface area contributed by atoms with Crippen molar-refractivity contribution in [3.8, 4) is 11.4 Å². The summed E-state index contributed by atoms with van der Waals surface area (Å²) in [5, 5.41) is 14.7. The van der Waals surface area contributed by atoms with Gasteiger partial charge in [-0.2, -0.15) is 0 Å². The molecule has 27 heavy (non-hydrogen) atoms. The number of hydrogen-bond donors (Lipinski definition) is 2. The van der Waals surface area contributed by atoms with E-state index in [0.717, 1.165) is 22.1 Å². The van der Waals surface area contributed by atoms with Crippen molar-refractivity contribution in [1.82, 2.24) is 20.0 Å². The van der Waals surface area contributed by atoms with Gasteiger partial charge in [-0.1, -0.05) is 49.8 Å². The van der Waals surface area contributed by atoms with E-state index < -0.39 is 5.82 Å². The molecule has 0 unspecified atom stereocenters. The van der Waals surface area contributed by atoms with E-state index in [4.69, 9.17) is 10.4 Å². The van der Waals surface area contributed by atoms with E-state index in [2.05, 4.69) is 20.7 Å². The second-order valence-electron chi connectivity index (χ2n) is 6.82. The lowest BCUT2D eigenvalue weighted by molar-refractivity contribution is -0.113. The number of anilines is 1. The number of benzene rings is 1. The Morgan fingerprint density at radius 3 is 2.74 bits per heavy atom. The summed E-state index contributed by atoms with van der Waals surface area (Å²) in [5.74, 6) is 5.65. The van der Waals surface area contributed by atoms with Crippen LogP contribution >= 0.6 is 11.8 Å². The smallest absolute Gasteiger partial charge is 0.237 e. The Kier molecular flexibility index (Phi) is 5.17. The van der Waals surface area contributed by atoms with Crippen LogP contribution in [0.5, 0.6) is 0 Å². The highest BCUT2D eigenvalue weighted by molar-refractivity contribution is 7.99. The number of carbonyl (C=O) groups excluding carboxylic acids is 1. The molecule has 0 spiro atoms. The van der Waals surface area contributed by atoms with E-state index in [9.17, 15) is 9.18 Å². The Hall–Kier alpha value is -2.88. The Morgan fingerprint density at radius 2 is 2.07 bits per heavy atom. The van der Waals surface area contributed by atoms with E-state index in [1.54, 1.807) is 24.3 Å². The minimum atomic E-state index is -0.453. The zero-order valence-corrected chi connectivity index (χ0v) is 15.9. The number of aromatic nitrogens is 4. The molecule has 8 nitrogen and oxygen atoms in total. The van der Waals surface area contributed by atoms with Crippen molar-refractivity contribution in [3.05, 3.63) is 41.8 Å². The van der Waals surface area contributed by atoms with Gasteiger partial charge in [0, 0.05) is 11.5 Å². The molecule has 3 N–H and O–H groups in total. The number of thioether (sulfide) groups is 1. The highest BCUT2D eigenvalue weighted by Crippen LogP contribution is 2.25. The molecule has 0 aliphatic rings. The van der Waals surface area contributed by atoms with Gasteiger partial charge in [0.1, 0.15) is 5.82 Å². The number of nitrogens with two attached hydrogens (primary N) is 1. The number of halogens is 1.